The molecule has 6 nitrogen and oxygen atoms in total. The number of halogens is 2. The highest BCUT2D eigenvalue weighted by atomic mass is 19.3. The summed E-state index contributed by atoms with van der Waals surface area (Å²) >= 11 is 0. The molecule has 0 bridgehead atoms. The smallest absolute Gasteiger partial charge is 0.407 e. The number of piperidine rings is 1. The first-order valence-electron chi connectivity index (χ1n) is 7.94. The van der Waals surface area contributed by atoms with Crippen molar-refractivity contribution in [2.75, 3.05) is 13.1 Å². The first kappa shape index (κ1) is 19.1. The van der Waals surface area contributed by atoms with Gasteiger partial charge in [0.05, 0.1) is 24.7 Å². The molecule has 1 atom stereocenters. The van der Waals surface area contributed by atoms with Gasteiger partial charge in [0, 0.05) is 6.42 Å². The Kier molecular flexibility index (Phi) is 5.62. The molecule has 0 aliphatic carbocycles. The van der Waals surface area contributed by atoms with Gasteiger partial charge in [-0.2, -0.15) is 0 Å². The Morgan fingerprint density at radius 1 is 1.24 bits per heavy atom. The van der Waals surface area contributed by atoms with Gasteiger partial charge in [-0.25, -0.2) is 18.4 Å². The Morgan fingerprint density at radius 2 is 1.88 bits per heavy atom. The number of ether oxygens (including phenoxy) is 1. The van der Waals surface area contributed by atoms with Crippen LogP contribution in [0.5, 0.6) is 0 Å². The van der Waals surface area contributed by atoms with E-state index in [0.717, 1.165) is 5.06 Å². The molecule has 8 heteroatoms. The number of benzene rings is 1. The van der Waals surface area contributed by atoms with Gasteiger partial charge in [-0.15, -0.1) is 5.06 Å². The van der Waals surface area contributed by atoms with E-state index in [1.165, 1.54) is 12.1 Å². The number of alkyl carbamates (subject to hydrolysis) is 1. The zero-order valence-corrected chi connectivity index (χ0v) is 14.4. The van der Waals surface area contributed by atoms with Crippen molar-refractivity contribution in [3.8, 4) is 0 Å². The summed E-state index contributed by atoms with van der Waals surface area (Å²) in [5.74, 6) is -3.83. The molecule has 0 saturated carbocycles. The highest BCUT2D eigenvalue weighted by Crippen LogP contribution is 2.27. The molecule has 1 fully saturated rings. The van der Waals surface area contributed by atoms with E-state index >= 15 is 0 Å². The summed E-state index contributed by atoms with van der Waals surface area (Å²) in [6.45, 7) is 4.26. The van der Waals surface area contributed by atoms with Crippen LogP contribution >= 0.6 is 0 Å². The summed E-state index contributed by atoms with van der Waals surface area (Å²) in [7, 11) is 0. The van der Waals surface area contributed by atoms with Crippen LogP contribution in [-0.2, 0) is 9.57 Å². The highest BCUT2D eigenvalue weighted by Gasteiger charge is 2.43. The first-order chi connectivity index (χ1) is 11.5. The van der Waals surface area contributed by atoms with Gasteiger partial charge in [-0.05, 0) is 32.9 Å². The fraction of sp³-hybridized carbons (Fsp3) is 0.529. The molecule has 1 saturated heterocycles. The number of hydroxylamine groups is 2. The van der Waals surface area contributed by atoms with Gasteiger partial charge >= 0.3 is 12.1 Å². The Labute approximate surface area is 145 Å². The van der Waals surface area contributed by atoms with Crippen molar-refractivity contribution in [1.29, 1.82) is 0 Å². The number of hydrogen-bond donors (Lipinski definition) is 1. The topological polar surface area (TPSA) is 67.9 Å². The van der Waals surface area contributed by atoms with Gasteiger partial charge in [0.15, 0.2) is 0 Å². The molecule has 138 valence electrons. The Morgan fingerprint density at radius 3 is 2.48 bits per heavy atom. The van der Waals surface area contributed by atoms with E-state index in [9.17, 15) is 18.4 Å². The van der Waals surface area contributed by atoms with Crippen molar-refractivity contribution < 1.29 is 27.9 Å². The number of nitrogens with zero attached hydrogens (tertiary/aromatic N) is 1. The summed E-state index contributed by atoms with van der Waals surface area (Å²) in [4.78, 5) is 28.9. The Bertz CT molecular complexity index is 617. The minimum absolute atomic E-state index is 0.0482. The maximum atomic E-state index is 13.9. The van der Waals surface area contributed by atoms with Crippen LogP contribution < -0.4 is 5.32 Å². The molecule has 0 unspecified atom stereocenters. The van der Waals surface area contributed by atoms with E-state index in [1.807, 2.05) is 0 Å². The average molecular weight is 356 g/mol. The molecular formula is C17H22F2N2O4. The van der Waals surface area contributed by atoms with Crippen molar-refractivity contribution in [3.63, 3.8) is 0 Å². The maximum absolute atomic E-state index is 13.9. The van der Waals surface area contributed by atoms with Crippen LogP contribution in [0.25, 0.3) is 0 Å². The summed E-state index contributed by atoms with van der Waals surface area (Å²) in [6.07, 6.45) is -1.34. The van der Waals surface area contributed by atoms with Gasteiger partial charge in [-0.1, -0.05) is 18.2 Å². The Balaban J connectivity index is 1.98. The van der Waals surface area contributed by atoms with Gasteiger partial charge in [-0.3, -0.25) is 0 Å². The molecule has 0 radical (unpaired) electrons. The predicted octanol–water partition coefficient (Wildman–Crippen LogP) is 2.99. The number of carbonyl (C=O) groups is 2. The fourth-order valence-electron chi connectivity index (χ4n) is 2.44. The molecule has 1 aromatic rings. The number of rotatable bonds is 3. The zero-order valence-electron chi connectivity index (χ0n) is 14.4. The molecule has 0 aromatic heterocycles. The van der Waals surface area contributed by atoms with Gasteiger partial charge in [0.1, 0.15) is 5.60 Å². The van der Waals surface area contributed by atoms with Crippen molar-refractivity contribution in [1.82, 2.24) is 10.4 Å². The second kappa shape index (κ2) is 7.35. The average Bonchev–Trinajstić information content (AvgIpc) is 2.44. The van der Waals surface area contributed by atoms with Crippen LogP contribution in [0.4, 0.5) is 13.6 Å². The maximum Gasteiger partial charge on any atom is 0.407 e. The molecule has 2 rings (SSSR count). The number of carbonyl (C=O) groups excluding carboxylic acids is 2. The first-order valence-corrected chi connectivity index (χ1v) is 7.94. The zero-order chi connectivity index (χ0) is 18.7. The third kappa shape index (κ3) is 6.30. The quantitative estimate of drug-likeness (QED) is 0.902. The van der Waals surface area contributed by atoms with Crippen molar-refractivity contribution >= 4 is 12.1 Å². The van der Waals surface area contributed by atoms with Crippen LogP contribution in [0.2, 0.25) is 0 Å². The minimum Gasteiger partial charge on any atom is -0.444 e. The van der Waals surface area contributed by atoms with Gasteiger partial charge < -0.3 is 14.9 Å². The Hall–Kier alpha value is -2.22. The van der Waals surface area contributed by atoms with Crippen LogP contribution in [0.1, 0.15) is 37.6 Å². The molecular weight excluding hydrogens is 334 g/mol. The monoisotopic (exact) mass is 356 g/mol. The standard InChI is InChI=1S/C17H22F2N2O4/c1-16(2,3)24-15(23)20-13-9-17(18,19)11-21(10-13)25-14(22)12-7-5-4-6-8-12/h4-8,13H,9-11H2,1-3H3,(H,20,23)/t13-/m0/s1. The number of alkyl halides is 2. The third-order valence-electron chi connectivity index (χ3n) is 3.32. The number of amides is 1. The SMILES string of the molecule is CC(C)(C)OC(=O)N[C@@H]1CN(OC(=O)c2ccccc2)CC(F)(F)C1. The van der Waals surface area contributed by atoms with E-state index in [1.54, 1.807) is 39.0 Å². The van der Waals surface area contributed by atoms with E-state index in [-0.39, 0.29) is 12.1 Å². The van der Waals surface area contributed by atoms with Crippen LogP contribution in [0.3, 0.4) is 0 Å². The number of hydrogen-bond acceptors (Lipinski definition) is 5. The van der Waals surface area contributed by atoms with Crippen LogP contribution in [0, 0.1) is 0 Å². The lowest BCUT2D eigenvalue weighted by Crippen LogP contribution is -2.55. The molecule has 1 heterocycles. The van der Waals surface area contributed by atoms with E-state index in [2.05, 4.69) is 5.32 Å². The summed E-state index contributed by atoms with van der Waals surface area (Å²) in [5, 5.41) is 3.28. The van der Waals surface area contributed by atoms with E-state index in [4.69, 9.17) is 9.57 Å². The van der Waals surface area contributed by atoms with Crippen LogP contribution in [-0.4, -0.2) is 47.8 Å². The van der Waals surface area contributed by atoms with E-state index in [0.29, 0.717) is 0 Å². The fourth-order valence-corrected chi connectivity index (χ4v) is 2.44. The molecule has 1 aliphatic rings. The van der Waals surface area contributed by atoms with E-state index < -0.39 is 42.6 Å². The lowest BCUT2D eigenvalue weighted by Gasteiger charge is -2.36. The minimum atomic E-state index is -3.10. The molecule has 0 spiro atoms. The highest BCUT2D eigenvalue weighted by molar-refractivity contribution is 5.89. The summed E-state index contributed by atoms with van der Waals surface area (Å²) in [6, 6.07) is 7.18. The predicted molar refractivity (Wildman–Crippen MR) is 86.2 cm³/mol. The molecule has 1 amide bonds. The summed E-state index contributed by atoms with van der Waals surface area (Å²) < 4.78 is 32.9. The molecule has 1 N–H and O–H groups in total. The van der Waals surface area contributed by atoms with Crippen molar-refractivity contribution in [2.24, 2.45) is 0 Å². The molecule has 1 aliphatic heterocycles. The molecule has 1 aromatic carbocycles. The normalized spacial score (nSPS) is 20.6. The van der Waals surface area contributed by atoms with Gasteiger partial charge in [0.2, 0.25) is 0 Å². The van der Waals surface area contributed by atoms with Crippen molar-refractivity contribution in [2.45, 2.75) is 44.8 Å². The second-order valence-electron chi connectivity index (χ2n) is 6.97. The second-order valence-corrected chi connectivity index (χ2v) is 6.97. The lowest BCUT2D eigenvalue weighted by molar-refractivity contribution is -0.189. The summed E-state index contributed by atoms with van der Waals surface area (Å²) in [5.41, 5.74) is -0.478. The van der Waals surface area contributed by atoms with Gasteiger partial charge in [0.25, 0.3) is 5.92 Å². The van der Waals surface area contributed by atoms with Crippen molar-refractivity contribution in [3.05, 3.63) is 35.9 Å². The number of nitrogens with one attached hydrogen (secondary N) is 1. The molecule has 25 heavy (non-hydrogen) atoms. The van der Waals surface area contributed by atoms with Crippen LogP contribution in [0.15, 0.2) is 30.3 Å². The largest absolute Gasteiger partial charge is 0.444 e. The lowest BCUT2D eigenvalue weighted by atomic mass is 10.0. The third-order valence-corrected chi connectivity index (χ3v) is 3.32.